The van der Waals surface area contributed by atoms with Crippen molar-refractivity contribution in [2.75, 3.05) is 27.2 Å². The number of aromatic amines is 1. The van der Waals surface area contributed by atoms with E-state index in [2.05, 4.69) is 35.1 Å². The van der Waals surface area contributed by atoms with Crippen LogP contribution in [-0.4, -0.2) is 47.8 Å². The normalized spacial score (nSPS) is 27.4. The number of rotatable bonds is 2. The number of likely N-dealkylation sites (tertiary alicyclic amines) is 1. The highest BCUT2D eigenvalue weighted by atomic mass is 35.5. The predicted molar refractivity (Wildman–Crippen MR) is 112 cm³/mol. The predicted octanol–water partition coefficient (Wildman–Crippen LogP) is 3.93. The molecule has 2 atom stereocenters. The molecule has 1 aromatic heterocycles. The van der Waals surface area contributed by atoms with Crippen molar-refractivity contribution in [3.8, 4) is 5.75 Å². The van der Waals surface area contributed by atoms with Crippen molar-refractivity contribution < 1.29 is 9.84 Å². The van der Waals surface area contributed by atoms with E-state index in [9.17, 15) is 5.11 Å². The standard InChI is InChI=1S/C23H25ClN2O2/c1-26-10-9-22(15-5-3-6-16(11-15)28-2)13-20-18(12-23(22,27)14-26)17-7-4-8-19(24)21(17)25-20/h3-8,11,25,27H,9-10,12-14H2,1-2H3. The van der Waals surface area contributed by atoms with Crippen LogP contribution in [0.5, 0.6) is 5.75 Å². The number of nitrogens with one attached hydrogen (secondary N) is 1. The van der Waals surface area contributed by atoms with Crippen molar-refractivity contribution in [1.82, 2.24) is 9.88 Å². The molecule has 2 aromatic carbocycles. The zero-order valence-electron chi connectivity index (χ0n) is 16.3. The van der Waals surface area contributed by atoms with Gasteiger partial charge in [0.25, 0.3) is 0 Å². The molecule has 1 saturated heterocycles. The maximum absolute atomic E-state index is 12.1. The molecule has 3 aromatic rings. The molecule has 0 amide bonds. The van der Waals surface area contributed by atoms with Crippen LogP contribution >= 0.6 is 11.6 Å². The minimum Gasteiger partial charge on any atom is -0.497 e. The van der Waals surface area contributed by atoms with Gasteiger partial charge < -0.3 is 19.7 Å². The Kier molecular flexibility index (Phi) is 4.02. The summed E-state index contributed by atoms with van der Waals surface area (Å²) in [7, 11) is 3.78. The van der Waals surface area contributed by atoms with Crippen molar-refractivity contribution in [1.29, 1.82) is 0 Å². The number of halogens is 1. The van der Waals surface area contributed by atoms with Crippen molar-refractivity contribution in [2.24, 2.45) is 0 Å². The molecule has 1 fully saturated rings. The Bertz CT molecular complexity index is 1060. The van der Waals surface area contributed by atoms with E-state index < -0.39 is 5.60 Å². The van der Waals surface area contributed by atoms with Gasteiger partial charge in [-0.1, -0.05) is 35.9 Å². The third-order valence-corrected chi connectivity index (χ3v) is 7.21. The number of benzene rings is 2. The van der Waals surface area contributed by atoms with Crippen LogP contribution in [0.15, 0.2) is 42.5 Å². The molecular formula is C23H25ClN2O2. The van der Waals surface area contributed by atoms with Gasteiger partial charge in [-0.2, -0.15) is 0 Å². The first kappa shape index (κ1) is 18.0. The van der Waals surface area contributed by atoms with Crippen molar-refractivity contribution in [3.63, 3.8) is 0 Å². The number of fused-ring (bicyclic) bond motifs is 4. The molecule has 0 saturated carbocycles. The van der Waals surface area contributed by atoms with E-state index in [1.165, 1.54) is 11.3 Å². The molecule has 5 rings (SSSR count). The summed E-state index contributed by atoms with van der Waals surface area (Å²) in [6.45, 7) is 1.60. The number of β-amino-alcohol motifs (C(OH)–C–C–N with tert-alkyl or cyclic N) is 1. The fraction of sp³-hybridized carbons (Fsp3) is 0.391. The largest absolute Gasteiger partial charge is 0.497 e. The zero-order valence-corrected chi connectivity index (χ0v) is 17.0. The lowest BCUT2D eigenvalue weighted by Gasteiger charge is -2.56. The van der Waals surface area contributed by atoms with Gasteiger partial charge in [-0.05, 0) is 49.3 Å². The number of H-pyrrole nitrogens is 1. The Hall–Kier alpha value is -2.01. The van der Waals surface area contributed by atoms with E-state index in [4.69, 9.17) is 16.3 Å². The molecule has 2 unspecified atom stereocenters. The monoisotopic (exact) mass is 396 g/mol. The molecule has 2 N–H and O–H groups in total. The number of hydrogen-bond donors (Lipinski definition) is 2. The fourth-order valence-corrected chi connectivity index (χ4v) is 5.67. The zero-order chi connectivity index (χ0) is 19.5. The Morgan fingerprint density at radius 3 is 2.82 bits per heavy atom. The van der Waals surface area contributed by atoms with Crippen LogP contribution in [0.1, 0.15) is 23.2 Å². The van der Waals surface area contributed by atoms with Crippen molar-refractivity contribution >= 4 is 22.5 Å². The van der Waals surface area contributed by atoms with Crippen LogP contribution in [0.4, 0.5) is 0 Å². The summed E-state index contributed by atoms with van der Waals surface area (Å²) in [4.78, 5) is 5.82. The van der Waals surface area contributed by atoms with Gasteiger partial charge in [0.05, 0.1) is 23.3 Å². The summed E-state index contributed by atoms with van der Waals surface area (Å²) < 4.78 is 5.49. The van der Waals surface area contributed by atoms with Gasteiger partial charge in [0.2, 0.25) is 0 Å². The van der Waals surface area contributed by atoms with Gasteiger partial charge in [0.1, 0.15) is 5.75 Å². The van der Waals surface area contributed by atoms with Gasteiger partial charge in [0.15, 0.2) is 0 Å². The number of para-hydroxylation sites is 1. The minimum atomic E-state index is -0.850. The number of likely N-dealkylation sites (N-methyl/N-ethyl adjacent to an activating group) is 1. The number of nitrogens with zero attached hydrogens (tertiary/aromatic N) is 1. The Balaban J connectivity index is 1.73. The highest BCUT2D eigenvalue weighted by molar-refractivity contribution is 6.35. The summed E-state index contributed by atoms with van der Waals surface area (Å²) in [5, 5.41) is 14.0. The lowest BCUT2D eigenvalue weighted by molar-refractivity contribution is -0.0972. The van der Waals surface area contributed by atoms with E-state index >= 15 is 0 Å². The Labute approximate surface area is 170 Å². The summed E-state index contributed by atoms with van der Waals surface area (Å²) in [5.74, 6) is 0.832. The second-order valence-corrected chi connectivity index (χ2v) is 8.84. The molecule has 0 spiro atoms. The van der Waals surface area contributed by atoms with E-state index in [0.717, 1.165) is 46.6 Å². The van der Waals surface area contributed by atoms with E-state index in [1.54, 1.807) is 7.11 Å². The van der Waals surface area contributed by atoms with Crippen LogP contribution in [0.2, 0.25) is 5.02 Å². The highest BCUT2D eigenvalue weighted by Crippen LogP contribution is 2.51. The van der Waals surface area contributed by atoms with Gasteiger partial charge >= 0.3 is 0 Å². The molecule has 0 radical (unpaired) electrons. The molecule has 1 aliphatic carbocycles. The van der Waals surface area contributed by atoms with Gasteiger partial charge in [-0.15, -0.1) is 0 Å². The van der Waals surface area contributed by atoms with Gasteiger partial charge in [0, 0.05) is 35.9 Å². The molecular weight excluding hydrogens is 372 g/mol. The molecule has 2 heterocycles. The van der Waals surface area contributed by atoms with Crippen LogP contribution in [0, 0.1) is 0 Å². The van der Waals surface area contributed by atoms with Gasteiger partial charge in [-0.3, -0.25) is 0 Å². The van der Waals surface area contributed by atoms with Crippen molar-refractivity contribution in [2.45, 2.75) is 30.3 Å². The number of piperidine rings is 1. The average Bonchev–Trinajstić information content (AvgIpc) is 3.04. The summed E-state index contributed by atoms with van der Waals surface area (Å²) in [6.07, 6.45) is 2.28. The quantitative estimate of drug-likeness (QED) is 0.690. The van der Waals surface area contributed by atoms with Crippen LogP contribution in [0.25, 0.3) is 10.9 Å². The van der Waals surface area contributed by atoms with Gasteiger partial charge in [-0.25, -0.2) is 0 Å². The molecule has 146 valence electrons. The lowest BCUT2D eigenvalue weighted by atomic mass is 9.56. The van der Waals surface area contributed by atoms with E-state index in [0.29, 0.717) is 13.0 Å². The number of methoxy groups -OCH3 is 1. The summed E-state index contributed by atoms with van der Waals surface area (Å²) >= 11 is 6.46. The molecule has 28 heavy (non-hydrogen) atoms. The van der Waals surface area contributed by atoms with E-state index in [1.807, 2.05) is 24.3 Å². The first-order chi connectivity index (χ1) is 13.5. The third kappa shape index (κ3) is 2.45. The average molecular weight is 397 g/mol. The molecule has 0 bridgehead atoms. The second kappa shape index (κ2) is 6.24. The van der Waals surface area contributed by atoms with Crippen LogP contribution < -0.4 is 4.74 Å². The third-order valence-electron chi connectivity index (χ3n) is 6.89. The number of hydrogen-bond acceptors (Lipinski definition) is 3. The maximum Gasteiger partial charge on any atom is 0.119 e. The number of ether oxygens (including phenoxy) is 1. The topological polar surface area (TPSA) is 48.5 Å². The second-order valence-electron chi connectivity index (χ2n) is 8.43. The minimum absolute atomic E-state index is 0.353. The van der Waals surface area contributed by atoms with Crippen molar-refractivity contribution in [3.05, 3.63) is 64.3 Å². The van der Waals surface area contributed by atoms with Crippen LogP contribution in [-0.2, 0) is 18.3 Å². The van der Waals surface area contributed by atoms with Crippen LogP contribution in [0.3, 0.4) is 0 Å². The smallest absolute Gasteiger partial charge is 0.119 e. The summed E-state index contributed by atoms with van der Waals surface area (Å²) in [5.41, 5.74) is 3.32. The Morgan fingerprint density at radius 2 is 2.00 bits per heavy atom. The number of aromatic nitrogens is 1. The summed E-state index contributed by atoms with van der Waals surface area (Å²) in [6, 6.07) is 14.2. The molecule has 4 nitrogen and oxygen atoms in total. The lowest BCUT2D eigenvalue weighted by Crippen LogP contribution is -2.65. The Morgan fingerprint density at radius 1 is 1.18 bits per heavy atom. The van der Waals surface area contributed by atoms with E-state index in [-0.39, 0.29) is 5.41 Å². The SMILES string of the molecule is COc1cccc(C23CCN(C)CC2(O)Cc2c([nH]c4c(Cl)cccc24)C3)c1. The highest BCUT2D eigenvalue weighted by Gasteiger charge is 2.57. The molecule has 1 aliphatic heterocycles. The first-order valence-electron chi connectivity index (χ1n) is 9.79. The maximum atomic E-state index is 12.1. The molecule has 2 aliphatic rings. The fourth-order valence-electron chi connectivity index (χ4n) is 5.44. The molecule has 5 heteroatoms. The number of aliphatic hydroxyl groups is 1. The first-order valence-corrected chi connectivity index (χ1v) is 10.2.